The van der Waals surface area contributed by atoms with Crippen LogP contribution in [0.5, 0.6) is 0 Å². The van der Waals surface area contributed by atoms with Gasteiger partial charge in [-0.25, -0.2) is 8.42 Å². The third-order valence-electron chi connectivity index (χ3n) is 7.52. The second-order valence-electron chi connectivity index (χ2n) is 10.7. The molecule has 2 aromatic carbocycles. The summed E-state index contributed by atoms with van der Waals surface area (Å²) in [6.45, 7) is 4.53. The van der Waals surface area contributed by atoms with Gasteiger partial charge < -0.3 is 4.55 Å². The summed E-state index contributed by atoms with van der Waals surface area (Å²) < 4.78 is 34.6. The monoisotopic (exact) mass is 554 g/mol. The summed E-state index contributed by atoms with van der Waals surface area (Å²) >= 11 is 0. The molecule has 0 radical (unpaired) electrons. The van der Waals surface area contributed by atoms with Crippen LogP contribution in [0.2, 0.25) is 0 Å². The van der Waals surface area contributed by atoms with Gasteiger partial charge in [0.15, 0.2) is 0 Å². The van der Waals surface area contributed by atoms with E-state index in [1.54, 1.807) is 12.1 Å². The SMILES string of the molecule is CCCCCCCCCCCc1cc2ccc(S(=O)(=O)[O-])cc2cc1CCCCCCCCCCC.[K+]. The zero-order chi connectivity index (χ0) is 26.1. The van der Waals surface area contributed by atoms with E-state index < -0.39 is 10.1 Å². The van der Waals surface area contributed by atoms with Gasteiger partial charge in [0.05, 0.1) is 4.90 Å². The summed E-state index contributed by atoms with van der Waals surface area (Å²) in [4.78, 5) is -0.129. The van der Waals surface area contributed by atoms with Crippen LogP contribution in [0.25, 0.3) is 10.8 Å². The van der Waals surface area contributed by atoms with Gasteiger partial charge in [-0.3, -0.25) is 0 Å². The fraction of sp³-hybridized carbons (Fsp3) is 0.688. The van der Waals surface area contributed by atoms with Crippen LogP contribution in [0.3, 0.4) is 0 Å². The molecule has 0 aliphatic carbocycles. The molecule has 37 heavy (non-hydrogen) atoms. The summed E-state index contributed by atoms with van der Waals surface area (Å²) in [6.07, 6.45) is 25.9. The maximum absolute atomic E-state index is 11.5. The van der Waals surface area contributed by atoms with E-state index in [1.807, 2.05) is 0 Å². The number of hydrogen-bond acceptors (Lipinski definition) is 3. The van der Waals surface area contributed by atoms with Gasteiger partial charge in [0, 0.05) is 0 Å². The third kappa shape index (κ3) is 15.0. The van der Waals surface area contributed by atoms with Gasteiger partial charge in [0.25, 0.3) is 0 Å². The topological polar surface area (TPSA) is 57.2 Å². The predicted molar refractivity (Wildman–Crippen MR) is 154 cm³/mol. The van der Waals surface area contributed by atoms with E-state index in [1.165, 1.54) is 133 Å². The summed E-state index contributed by atoms with van der Waals surface area (Å²) in [5.41, 5.74) is 2.74. The van der Waals surface area contributed by atoms with Crippen LogP contribution in [0.15, 0.2) is 35.2 Å². The molecule has 0 heterocycles. The van der Waals surface area contributed by atoms with Crippen LogP contribution >= 0.6 is 0 Å². The maximum atomic E-state index is 11.5. The number of aryl methyl sites for hydroxylation is 2. The largest absolute Gasteiger partial charge is 1.00 e. The zero-order valence-electron chi connectivity index (χ0n) is 24.2. The van der Waals surface area contributed by atoms with Crippen molar-refractivity contribution in [2.24, 2.45) is 0 Å². The molecule has 0 aliphatic heterocycles. The molecule has 3 nitrogen and oxygen atoms in total. The van der Waals surface area contributed by atoms with Gasteiger partial charge >= 0.3 is 51.4 Å². The van der Waals surface area contributed by atoms with E-state index in [9.17, 15) is 13.0 Å². The molecule has 204 valence electrons. The molecular formula is C32H51KO3S. The fourth-order valence-electron chi connectivity index (χ4n) is 5.24. The molecule has 0 aromatic heterocycles. The molecule has 0 fully saturated rings. The molecule has 2 rings (SSSR count). The van der Waals surface area contributed by atoms with Crippen LogP contribution in [0.4, 0.5) is 0 Å². The quantitative estimate of drug-likeness (QED) is 0.0958. The first-order chi connectivity index (χ1) is 17.5. The first kappa shape index (κ1) is 35.3. The van der Waals surface area contributed by atoms with Crippen molar-refractivity contribution >= 4 is 20.9 Å². The fourth-order valence-corrected chi connectivity index (χ4v) is 5.75. The Kier molecular flexibility index (Phi) is 20.1. The van der Waals surface area contributed by atoms with Gasteiger partial charge in [-0.2, -0.15) is 0 Å². The molecule has 0 unspecified atom stereocenters. The van der Waals surface area contributed by atoms with E-state index in [0.29, 0.717) is 0 Å². The van der Waals surface area contributed by atoms with E-state index in [2.05, 4.69) is 26.0 Å². The van der Waals surface area contributed by atoms with Gasteiger partial charge in [-0.05, 0) is 59.7 Å². The van der Waals surface area contributed by atoms with Crippen LogP contribution in [0, 0.1) is 0 Å². The molecular weight excluding hydrogens is 504 g/mol. The Morgan fingerprint density at radius 3 is 1.32 bits per heavy atom. The van der Waals surface area contributed by atoms with Crippen LogP contribution in [-0.4, -0.2) is 13.0 Å². The maximum Gasteiger partial charge on any atom is 1.00 e. The number of unbranched alkanes of at least 4 members (excludes halogenated alkanes) is 16. The molecule has 5 heteroatoms. The van der Waals surface area contributed by atoms with Crippen LogP contribution < -0.4 is 51.4 Å². The Balaban J connectivity index is 0.00000684. The summed E-state index contributed by atoms with van der Waals surface area (Å²) in [5, 5.41) is 1.90. The van der Waals surface area contributed by atoms with Crippen molar-refractivity contribution in [2.75, 3.05) is 0 Å². The Morgan fingerprint density at radius 2 is 0.919 bits per heavy atom. The standard InChI is InChI=1S/C32H52O3S.K/c1-3-5-7-9-11-13-15-17-19-21-28-25-30-23-24-32(36(33,34)35)27-31(30)26-29(28)22-20-18-16-14-12-10-8-6-4-2;/h23-27H,3-22H2,1-2H3,(H,33,34,35);/q;+1/p-1. The second kappa shape index (κ2) is 21.1. The van der Waals surface area contributed by atoms with E-state index in [0.717, 1.165) is 23.6 Å². The van der Waals surface area contributed by atoms with E-state index in [-0.39, 0.29) is 56.3 Å². The molecule has 0 spiro atoms. The predicted octanol–water partition coefficient (Wildman–Crippen LogP) is 6.89. The summed E-state index contributed by atoms with van der Waals surface area (Å²) in [5.74, 6) is 0. The first-order valence-electron chi connectivity index (χ1n) is 15.0. The zero-order valence-corrected chi connectivity index (χ0v) is 28.1. The van der Waals surface area contributed by atoms with Crippen molar-refractivity contribution in [3.05, 3.63) is 41.5 Å². The van der Waals surface area contributed by atoms with Crippen molar-refractivity contribution < 1.29 is 64.4 Å². The molecule has 2 aromatic rings. The Hall–Kier alpha value is 0.246. The van der Waals surface area contributed by atoms with E-state index in [4.69, 9.17) is 0 Å². The van der Waals surface area contributed by atoms with Crippen molar-refractivity contribution in [1.29, 1.82) is 0 Å². The number of rotatable bonds is 21. The molecule has 0 saturated carbocycles. The van der Waals surface area contributed by atoms with E-state index >= 15 is 0 Å². The van der Waals surface area contributed by atoms with Gasteiger partial charge in [-0.1, -0.05) is 135 Å². The van der Waals surface area contributed by atoms with Crippen molar-refractivity contribution in [3.8, 4) is 0 Å². The van der Waals surface area contributed by atoms with Gasteiger partial charge in [0.2, 0.25) is 0 Å². The average molecular weight is 555 g/mol. The Bertz CT molecular complexity index is 971. The average Bonchev–Trinajstić information content (AvgIpc) is 2.85. The minimum absolute atomic E-state index is 0. The molecule has 0 saturated heterocycles. The molecule has 0 atom stereocenters. The second-order valence-corrected chi connectivity index (χ2v) is 12.1. The van der Waals surface area contributed by atoms with Gasteiger partial charge in [-0.15, -0.1) is 0 Å². The molecule has 0 aliphatic rings. The third-order valence-corrected chi connectivity index (χ3v) is 8.35. The molecule has 0 N–H and O–H groups in total. The number of benzene rings is 2. The number of fused-ring (bicyclic) bond motifs is 1. The summed E-state index contributed by atoms with van der Waals surface area (Å²) in [6, 6.07) is 9.19. The van der Waals surface area contributed by atoms with Crippen molar-refractivity contribution in [2.45, 2.75) is 147 Å². The Morgan fingerprint density at radius 1 is 0.541 bits per heavy atom. The minimum Gasteiger partial charge on any atom is -0.744 e. The van der Waals surface area contributed by atoms with Crippen LogP contribution in [0.1, 0.15) is 141 Å². The van der Waals surface area contributed by atoms with Crippen molar-refractivity contribution in [3.63, 3.8) is 0 Å². The molecule has 0 bridgehead atoms. The summed E-state index contributed by atoms with van der Waals surface area (Å²) in [7, 11) is -4.43. The molecule has 0 amide bonds. The normalized spacial score (nSPS) is 11.6. The smallest absolute Gasteiger partial charge is 0.744 e. The first-order valence-corrected chi connectivity index (χ1v) is 16.4. The van der Waals surface area contributed by atoms with Gasteiger partial charge in [0.1, 0.15) is 10.1 Å². The van der Waals surface area contributed by atoms with Crippen LogP contribution in [-0.2, 0) is 23.0 Å². The number of hydrogen-bond donors (Lipinski definition) is 0. The Labute approximate surface area is 271 Å². The minimum atomic E-state index is -4.43. The van der Waals surface area contributed by atoms with Crippen molar-refractivity contribution in [1.82, 2.24) is 0 Å².